The number of nitrogens with zero attached hydrogens (tertiary/aromatic N) is 3. The van der Waals surface area contributed by atoms with Crippen molar-refractivity contribution >= 4 is 17.0 Å². The van der Waals surface area contributed by atoms with Crippen molar-refractivity contribution in [2.45, 2.75) is 91.0 Å². The Kier molecular flexibility index (Phi) is 8.07. The molecule has 4 rings (SSSR count). The van der Waals surface area contributed by atoms with E-state index in [2.05, 4.69) is 30.3 Å². The molecule has 200 valence electrons. The van der Waals surface area contributed by atoms with Crippen LogP contribution in [-0.2, 0) is 15.0 Å². The van der Waals surface area contributed by atoms with Crippen molar-refractivity contribution in [3.8, 4) is 17.0 Å². The minimum atomic E-state index is -0.568. The summed E-state index contributed by atoms with van der Waals surface area (Å²) in [6.07, 6.45) is 7.85. The fourth-order valence-corrected chi connectivity index (χ4v) is 4.99. The highest BCUT2D eigenvalue weighted by atomic mass is 16.6. The van der Waals surface area contributed by atoms with Gasteiger partial charge in [-0.25, -0.2) is 9.48 Å². The quantitative estimate of drug-likeness (QED) is 0.363. The maximum Gasteiger partial charge on any atom is 0.408 e. The topological polar surface area (TPSA) is 87.5 Å². The van der Waals surface area contributed by atoms with Crippen LogP contribution >= 0.6 is 0 Å². The van der Waals surface area contributed by atoms with Crippen LogP contribution in [0.3, 0.4) is 0 Å². The predicted molar refractivity (Wildman–Crippen MR) is 145 cm³/mol. The Bertz CT molecular complexity index is 1200. The van der Waals surface area contributed by atoms with Gasteiger partial charge in [0.05, 0.1) is 34.9 Å². The van der Waals surface area contributed by atoms with Crippen LogP contribution in [0.25, 0.3) is 22.2 Å². The second-order valence-corrected chi connectivity index (χ2v) is 10.6. The van der Waals surface area contributed by atoms with E-state index >= 15 is 0 Å². The summed E-state index contributed by atoms with van der Waals surface area (Å²) in [6.45, 7) is 13.0. The molecule has 1 atom stereocenters. The lowest BCUT2D eigenvalue weighted by molar-refractivity contribution is -0.0366. The molecule has 1 aliphatic heterocycles. The first kappa shape index (κ1) is 26.9. The van der Waals surface area contributed by atoms with Gasteiger partial charge in [0.2, 0.25) is 0 Å². The standard InChI is InChI=1S/C29H40N4O4/c1-7-29(8-2,32-27(34)37-28(4,5)6)20-13-15-23(30-18-20)21-14-16-24-22(26(21)35-9-3)19-31-33(24)25-12-10-11-17-36-25/h13-16,18-19,25H,7-12,17H2,1-6H3,(H,32,34). The molecular weight excluding hydrogens is 468 g/mol. The van der Waals surface area contributed by atoms with E-state index in [-0.39, 0.29) is 6.23 Å². The van der Waals surface area contributed by atoms with Gasteiger partial charge in [0, 0.05) is 18.4 Å². The van der Waals surface area contributed by atoms with Gasteiger partial charge >= 0.3 is 6.09 Å². The van der Waals surface area contributed by atoms with Crippen LogP contribution in [0.1, 0.15) is 85.4 Å². The molecule has 1 unspecified atom stereocenters. The molecule has 3 aromatic rings. The van der Waals surface area contributed by atoms with E-state index in [1.54, 1.807) is 0 Å². The number of carbonyl (C=O) groups excluding carboxylic acids is 1. The summed E-state index contributed by atoms with van der Waals surface area (Å²) >= 11 is 0. The summed E-state index contributed by atoms with van der Waals surface area (Å²) in [5.74, 6) is 0.770. The Morgan fingerprint density at radius 2 is 1.89 bits per heavy atom. The first-order valence-electron chi connectivity index (χ1n) is 13.4. The number of hydrogen-bond acceptors (Lipinski definition) is 6. The first-order chi connectivity index (χ1) is 17.7. The zero-order valence-electron chi connectivity index (χ0n) is 23.0. The summed E-state index contributed by atoms with van der Waals surface area (Å²) in [5, 5.41) is 8.71. The van der Waals surface area contributed by atoms with Crippen molar-refractivity contribution < 1.29 is 19.0 Å². The summed E-state index contributed by atoms with van der Waals surface area (Å²) in [5.41, 5.74) is 2.51. The summed E-state index contributed by atoms with van der Waals surface area (Å²) in [6, 6.07) is 8.14. The Morgan fingerprint density at radius 1 is 1.11 bits per heavy atom. The smallest absolute Gasteiger partial charge is 0.408 e. The molecule has 0 radical (unpaired) electrons. The number of hydrogen-bond donors (Lipinski definition) is 1. The lowest BCUT2D eigenvalue weighted by Gasteiger charge is -2.34. The molecule has 0 bridgehead atoms. The summed E-state index contributed by atoms with van der Waals surface area (Å²) < 4.78 is 19.6. The Balaban J connectivity index is 1.67. The third kappa shape index (κ3) is 5.74. The molecule has 1 aromatic carbocycles. The van der Waals surface area contributed by atoms with Crippen molar-refractivity contribution in [2.24, 2.45) is 0 Å². The molecule has 1 N–H and O–H groups in total. The highest BCUT2D eigenvalue weighted by Crippen LogP contribution is 2.39. The van der Waals surface area contributed by atoms with E-state index in [1.807, 2.05) is 63.0 Å². The molecule has 1 saturated heterocycles. The van der Waals surface area contributed by atoms with Crippen LogP contribution in [0.4, 0.5) is 4.79 Å². The van der Waals surface area contributed by atoms with Gasteiger partial charge < -0.3 is 19.5 Å². The molecule has 8 nitrogen and oxygen atoms in total. The minimum Gasteiger partial charge on any atom is -0.492 e. The second kappa shape index (κ2) is 11.1. The van der Waals surface area contributed by atoms with E-state index in [0.29, 0.717) is 19.4 Å². The third-order valence-corrected chi connectivity index (χ3v) is 6.99. The number of pyridine rings is 1. The number of amides is 1. The van der Waals surface area contributed by atoms with Crippen molar-refractivity contribution in [2.75, 3.05) is 13.2 Å². The maximum absolute atomic E-state index is 12.6. The lowest BCUT2D eigenvalue weighted by Crippen LogP contribution is -2.47. The van der Waals surface area contributed by atoms with Crippen molar-refractivity contribution in [3.63, 3.8) is 0 Å². The molecule has 0 spiro atoms. The molecule has 1 aliphatic rings. The number of rotatable bonds is 8. The van der Waals surface area contributed by atoms with Crippen molar-refractivity contribution in [1.29, 1.82) is 0 Å². The zero-order chi connectivity index (χ0) is 26.6. The monoisotopic (exact) mass is 508 g/mol. The van der Waals surface area contributed by atoms with E-state index in [4.69, 9.17) is 19.2 Å². The molecule has 37 heavy (non-hydrogen) atoms. The summed E-state index contributed by atoms with van der Waals surface area (Å²) in [7, 11) is 0. The predicted octanol–water partition coefficient (Wildman–Crippen LogP) is 6.74. The fourth-order valence-electron chi connectivity index (χ4n) is 4.99. The lowest BCUT2D eigenvalue weighted by atomic mass is 9.85. The van der Waals surface area contributed by atoms with Gasteiger partial charge in [-0.2, -0.15) is 5.10 Å². The molecular formula is C29H40N4O4. The van der Waals surface area contributed by atoms with Gasteiger partial charge in [-0.3, -0.25) is 4.98 Å². The molecule has 1 amide bonds. The number of alkyl carbamates (subject to hydrolysis) is 1. The fraction of sp³-hybridized carbons (Fsp3) is 0.552. The number of benzene rings is 1. The third-order valence-electron chi connectivity index (χ3n) is 6.99. The van der Waals surface area contributed by atoms with Gasteiger partial charge in [-0.15, -0.1) is 0 Å². The van der Waals surface area contributed by atoms with Crippen LogP contribution in [0.2, 0.25) is 0 Å². The van der Waals surface area contributed by atoms with Gasteiger partial charge in [0.25, 0.3) is 0 Å². The molecule has 3 heterocycles. The van der Waals surface area contributed by atoms with Gasteiger partial charge in [0.1, 0.15) is 11.4 Å². The number of carbonyl (C=O) groups is 1. The number of nitrogens with one attached hydrogen (secondary N) is 1. The Labute approximate surface area is 219 Å². The van der Waals surface area contributed by atoms with Gasteiger partial charge in [0.15, 0.2) is 6.23 Å². The molecule has 1 fully saturated rings. The number of ether oxygens (including phenoxy) is 3. The van der Waals surface area contributed by atoms with E-state index in [0.717, 1.165) is 59.3 Å². The van der Waals surface area contributed by atoms with E-state index < -0.39 is 17.2 Å². The van der Waals surface area contributed by atoms with Gasteiger partial charge in [-0.1, -0.05) is 19.9 Å². The number of fused-ring (bicyclic) bond motifs is 1. The highest BCUT2D eigenvalue weighted by molar-refractivity contribution is 5.92. The largest absolute Gasteiger partial charge is 0.492 e. The Morgan fingerprint density at radius 3 is 2.49 bits per heavy atom. The Hall–Kier alpha value is -3.13. The van der Waals surface area contributed by atoms with Gasteiger partial charge in [-0.05, 0) is 83.6 Å². The normalized spacial score (nSPS) is 16.5. The van der Waals surface area contributed by atoms with Crippen LogP contribution in [0.5, 0.6) is 5.75 Å². The molecule has 0 aliphatic carbocycles. The molecule has 0 saturated carbocycles. The minimum absolute atomic E-state index is 0.0438. The average molecular weight is 509 g/mol. The van der Waals surface area contributed by atoms with Crippen LogP contribution in [0, 0.1) is 0 Å². The summed E-state index contributed by atoms with van der Waals surface area (Å²) in [4.78, 5) is 17.4. The van der Waals surface area contributed by atoms with E-state index in [9.17, 15) is 4.79 Å². The van der Waals surface area contributed by atoms with Crippen LogP contribution < -0.4 is 10.1 Å². The average Bonchev–Trinajstić information content (AvgIpc) is 3.32. The zero-order valence-corrected chi connectivity index (χ0v) is 23.0. The van der Waals surface area contributed by atoms with Crippen LogP contribution in [0.15, 0.2) is 36.7 Å². The van der Waals surface area contributed by atoms with E-state index in [1.165, 1.54) is 0 Å². The van der Waals surface area contributed by atoms with Crippen molar-refractivity contribution in [1.82, 2.24) is 20.1 Å². The maximum atomic E-state index is 12.6. The second-order valence-electron chi connectivity index (χ2n) is 10.6. The first-order valence-corrected chi connectivity index (χ1v) is 13.4. The SMILES string of the molecule is CCOc1c(-c2ccc(C(CC)(CC)NC(=O)OC(C)(C)C)cn2)ccc2c1cnn2C1CCCCO1. The molecule has 8 heteroatoms. The van der Waals surface area contributed by atoms with Crippen LogP contribution in [-0.4, -0.2) is 39.7 Å². The highest BCUT2D eigenvalue weighted by Gasteiger charge is 2.33. The molecule has 2 aromatic heterocycles. The van der Waals surface area contributed by atoms with Crippen molar-refractivity contribution in [3.05, 3.63) is 42.2 Å². The number of aromatic nitrogens is 3.